The van der Waals surface area contributed by atoms with Crippen LogP contribution in [-0.4, -0.2) is 20.9 Å². The number of carboxylic acid groups (broad SMARTS) is 1. The molecule has 0 aliphatic rings. The summed E-state index contributed by atoms with van der Waals surface area (Å²) in [4.78, 5) is 10.6. The number of hydrogen-bond donors (Lipinski definition) is 1. The van der Waals surface area contributed by atoms with Crippen molar-refractivity contribution in [3.63, 3.8) is 0 Å². The quantitative estimate of drug-likeness (QED) is 0.917. The number of aryl methyl sites for hydroxylation is 4. The second-order valence-electron chi connectivity index (χ2n) is 4.86. The van der Waals surface area contributed by atoms with E-state index in [9.17, 15) is 4.79 Å². The van der Waals surface area contributed by atoms with E-state index in [2.05, 4.69) is 37.1 Å². The molecule has 100 valence electrons. The number of carboxylic acids is 1. The van der Waals surface area contributed by atoms with Crippen molar-refractivity contribution < 1.29 is 9.90 Å². The molecular weight excluding hydrogens is 240 g/mol. The third-order valence-corrected chi connectivity index (χ3v) is 3.19. The van der Waals surface area contributed by atoms with Gasteiger partial charge in [-0.2, -0.15) is 5.10 Å². The van der Waals surface area contributed by atoms with Gasteiger partial charge < -0.3 is 5.11 Å². The fraction of sp³-hybridized carbons (Fsp3) is 0.333. The zero-order valence-electron chi connectivity index (χ0n) is 11.5. The molecule has 1 heterocycles. The Bertz CT molecular complexity index is 615. The highest BCUT2D eigenvalue weighted by molar-refractivity contribution is 5.68. The summed E-state index contributed by atoms with van der Waals surface area (Å²) >= 11 is 0. The summed E-state index contributed by atoms with van der Waals surface area (Å²) in [7, 11) is 1.89. The van der Waals surface area contributed by atoms with Crippen molar-refractivity contribution in [3.8, 4) is 11.3 Å². The van der Waals surface area contributed by atoms with Crippen LogP contribution in [0.15, 0.2) is 24.3 Å². The highest BCUT2D eigenvalue weighted by Gasteiger charge is 2.11. The Morgan fingerprint density at radius 1 is 1.32 bits per heavy atom. The number of rotatable bonds is 4. The van der Waals surface area contributed by atoms with Crippen LogP contribution in [0.2, 0.25) is 0 Å². The number of carbonyl (C=O) groups is 1. The molecule has 0 saturated carbocycles. The molecule has 1 N–H and O–H groups in total. The van der Waals surface area contributed by atoms with E-state index in [1.165, 1.54) is 11.1 Å². The first-order chi connectivity index (χ1) is 8.97. The van der Waals surface area contributed by atoms with Gasteiger partial charge in [-0.05, 0) is 31.5 Å². The monoisotopic (exact) mass is 258 g/mol. The van der Waals surface area contributed by atoms with E-state index in [-0.39, 0.29) is 6.42 Å². The van der Waals surface area contributed by atoms with Gasteiger partial charge in [0.05, 0.1) is 17.8 Å². The van der Waals surface area contributed by atoms with Crippen molar-refractivity contribution in [1.29, 1.82) is 0 Å². The van der Waals surface area contributed by atoms with Gasteiger partial charge in [0.1, 0.15) is 0 Å². The lowest BCUT2D eigenvalue weighted by molar-refractivity contribution is -0.136. The number of aliphatic carboxylic acids is 1. The van der Waals surface area contributed by atoms with Crippen molar-refractivity contribution in [2.45, 2.75) is 26.7 Å². The molecule has 0 unspecified atom stereocenters. The van der Waals surface area contributed by atoms with Gasteiger partial charge >= 0.3 is 5.97 Å². The Kier molecular flexibility index (Phi) is 3.69. The highest BCUT2D eigenvalue weighted by Crippen LogP contribution is 2.25. The summed E-state index contributed by atoms with van der Waals surface area (Å²) in [6.45, 7) is 4.13. The van der Waals surface area contributed by atoms with Gasteiger partial charge in [0, 0.05) is 19.0 Å². The summed E-state index contributed by atoms with van der Waals surface area (Å²) in [6, 6.07) is 8.28. The van der Waals surface area contributed by atoms with Crippen LogP contribution in [0.4, 0.5) is 0 Å². The van der Waals surface area contributed by atoms with Crippen molar-refractivity contribution in [2.24, 2.45) is 7.05 Å². The van der Waals surface area contributed by atoms with E-state index in [0.29, 0.717) is 6.42 Å². The van der Waals surface area contributed by atoms with E-state index in [1.807, 2.05) is 17.8 Å². The van der Waals surface area contributed by atoms with Crippen molar-refractivity contribution >= 4 is 5.97 Å². The molecule has 4 nitrogen and oxygen atoms in total. The highest BCUT2D eigenvalue weighted by atomic mass is 16.4. The van der Waals surface area contributed by atoms with Crippen LogP contribution in [0.1, 0.15) is 23.2 Å². The maximum Gasteiger partial charge on any atom is 0.303 e. The normalized spacial score (nSPS) is 10.7. The Balaban J connectivity index is 2.34. The predicted molar refractivity (Wildman–Crippen MR) is 74.1 cm³/mol. The molecule has 1 aromatic heterocycles. The van der Waals surface area contributed by atoms with E-state index in [1.54, 1.807) is 0 Å². The van der Waals surface area contributed by atoms with E-state index in [0.717, 1.165) is 17.0 Å². The molecule has 0 spiro atoms. The van der Waals surface area contributed by atoms with Crippen LogP contribution in [0, 0.1) is 13.8 Å². The lowest BCUT2D eigenvalue weighted by atomic mass is 10.0. The Labute approximate surface area is 112 Å². The van der Waals surface area contributed by atoms with E-state index in [4.69, 9.17) is 5.11 Å². The van der Waals surface area contributed by atoms with Gasteiger partial charge in [0.25, 0.3) is 0 Å². The van der Waals surface area contributed by atoms with E-state index >= 15 is 0 Å². The Morgan fingerprint density at radius 3 is 2.74 bits per heavy atom. The molecule has 2 rings (SSSR count). The minimum absolute atomic E-state index is 0.114. The Morgan fingerprint density at radius 2 is 2.05 bits per heavy atom. The zero-order chi connectivity index (χ0) is 14.0. The molecule has 0 saturated heterocycles. The lowest BCUT2D eigenvalue weighted by Crippen LogP contribution is -1.99. The van der Waals surface area contributed by atoms with Crippen molar-refractivity contribution in [3.05, 3.63) is 41.1 Å². The zero-order valence-corrected chi connectivity index (χ0v) is 11.5. The minimum atomic E-state index is -0.793. The molecule has 19 heavy (non-hydrogen) atoms. The average molecular weight is 258 g/mol. The molecular formula is C15H18N2O2. The second-order valence-corrected chi connectivity index (χ2v) is 4.86. The third kappa shape index (κ3) is 3.02. The van der Waals surface area contributed by atoms with Gasteiger partial charge in [-0.1, -0.05) is 17.7 Å². The fourth-order valence-corrected chi connectivity index (χ4v) is 2.15. The second kappa shape index (κ2) is 5.26. The van der Waals surface area contributed by atoms with Crippen LogP contribution in [-0.2, 0) is 18.3 Å². The van der Waals surface area contributed by atoms with Crippen LogP contribution in [0.3, 0.4) is 0 Å². The largest absolute Gasteiger partial charge is 0.481 e. The summed E-state index contributed by atoms with van der Waals surface area (Å²) in [5.74, 6) is -0.793. The number of benzene rings is 1. The number of aromatic nitrogens is 2. The standard InChI is InChI=1S/C15H18N2O2/c1-10-4-5-11(2)13(8-10)14-9-12(16-17(14)3)6-7-15(18)19/h4-5,8-9H,6-7H2,1-3H3,(H,18,19). The van der Waals surface area contributed by atoms with E-state index < -0.39 is 5.97 Å². The molecule has 1 aromatic carbocycles. The number of hydrogen-bond acceptors (Lipinski definition) is 2. The lowest BCUT2D eigenvalue weighted by Gasteiger charge is -2.07. The molecule has 0 aliphatic carbocycles. The SMILES string of the molecule is Cc1ccc(C)c(-c2cc(CCC(=O)O)nn2C)c1. The molecule has 0 aliphatic heterocycles. The van der Waals surface area contributed by atoms with Crippen LogP contribution >= 0.6 is 0 Å². The van der Waals surface area contributed by atoms with Crippen LogP contribution < -0.4 is 0 Å². The molecule has 0 radical (unpaired) electrons. The molecule has 4 heteroatoms. The maximum atomic E-state index is 10.6. The third-order valence-electron chi connectivity index (χ3n) is 3.19. The van der Waals surface area contributed by atoms with Crippen LogP contribution in [0.25, 0.3) is 11.3 Å². The molecule has 0 bridgehead atoms. The summed E-state index contributed by atoms with van der Waals surface area (Å²) < 4.78 is 1.82. The van der Waals surface area contributed by atoms with Crippen LogP contribution in [0.5, 0.6) is 0 Å². The summed E-state index contributed by atoms with van der Waals surface area (Å²) in [5.41, 5.74) is 5.39. The Hall–Kier alpha value is -2.10. The molecule has 2 aromatic rings. The topological polar surface area (TPSA) is 55.1 Å². The van der Waals surface area contributed by atoms with Gasteiger partial charge in [-0.25, -0.2) is 0 Å². The van der Waals surface area contributed by atoms with Crippen molar-refractivity contribution in [2.75, 3.05) is 0 Å². The minimum Gasteiger partial charge on any atom is -0.481 e. The summed E-state index contributed by atoms with van der Waals surface area (Å²) in [6.07, 6.45) is 0.581. The van der Waals surface area contributed by atoms with Gasteiger partial charge in [-0.15, -0.1) is 0 Å². The number of nitrogens with zero attached hydrogens (tertiary/aromatic N) is 2. The molecule has 0 amide bonds. The van der Waals surface area contributed by atoms with Gasteiger partial charge in [0.15, 0.2) is 0 Å². The predicted octanol–water partition coefficient (Wildman–Crippen LogP) is 2.72. The fourth-order valence-electron chi connectivity index (χ4n) is 2.15. The molecule has 0 atom stereocenters. The first kappa shape index (κ1) is 13.3. The molecule has 0 fully saturated rings. The first-order valence-electron chi connectivity index (χ1n) is 6.29. The van der Waals surface area contributed by atoms with Gasteiger partial charge in [0.2, 0.25) is 0 Å². The smallest absolute Gasteiger partial charge is 0.303 e. The van der Waals surface area contributed by atoms with Crippen molar-refractivity contribution in [1.82, 2.24) is 9.78 Å². The first-order valence-corrected chi connectivity index (χ1v) is 6.29. The van der Waals surface area contributed by atoms with Gasteiger partial charge in [-0.3, -0.25) is 9.48 Å². The average Bonchev–Trinajstić information content (AvgIpc) is 2.71. The maximum absolute atomic E-state index is 10.6. The summed E-state index contributed by atoms with van der Waals surface area (Å²) in [5, 5.41) is 13.1.